The van der Waals surface area contributed by atoms with Gasteiger partial charge in [0.15, 0.2) is 0 Å². The molecule has 0 bridgehead atoms. The SMILES string of the molecule is COC(=O)c1c(NC(=O)c2cccc3ccccc23)sc2c1CC(C)(C)[NH2+]C2(C)C. The van der Waals surface area contributed by atoms with Gasteiger partial charge in [-0.3, -0.25) is 4.79 Å². The van der Waals surface area contributed by atoms with Crippen LogP contribution in [0.5, 0.6) is 0 Å². The molecule has 0 spiro atoms. The monoisotopic (exact) mass is 423 g/mol. The summed E-state index contributed by atoms with van der Waals surface area (Å²) in [6.07, 6.45) is 0.733. The van der Waals surface area contributed by atoms with Crippen molar-refractivity contribution in [2.45, 2.75) is 45.2 Å². The van der Waals surface area contributed by atoms with E-state index < -0.39 is 5.97 Å². The number of carbonyl (C=O) groups excluding carboxylic acids is 2. The van der Waals surface area contributed by atoms with Crippen LogP contribution in [0, 0.1) is 0 Å². The fourth-order valence-electron chi connectivity index (χ4n) is 4.70. The molecule has 5 nitrogen and oxygen atoms in total. The average Bonchev–Trinajstić information content (AvgIpc) is 3.03. The number of thiophene rings is 1. The van der Waals surface area contributed by atoms with E-state index in [0.717, 1.165) is 27.6 Å². The van der Waals surface area contributed by atoms with Crippen molar-refractivity contribution in [3.8, 4) is 0 Å². The molecule has 30 heavy (non-hydrogen) atoms. The molecule has 1 aliphatic rings. The standard InChI is InChI=1S/C24H26N2O3S/c1-23(2)13-17-18(22(28)29-5)21(30-19(17)24(3,4)26-23)25-20(27)16-12-8-10-14-9-6-7-11-15(14)16/h6-12,26H,13H2,1-5H3,(H,25,27)/p+1. The van der Waals surface area contributed by atoms with Gasteiger partial charge in [-0.25, -0.2) is 4.79 Å². The predicted molar refractivity (Wildman–Crippen MR) is 120 cm³/mol. The Balaban J connectivity index is 1.81. The molecule has 2 aromatic carbocycles. The van der Waals surface area contributed by atoms with Gasteiger partial charge in [0.05, 0.1) is 23.1 Å². The number of quaternary nitrogens is 1. The highest BCUT2D eigenvalue weighted by atomic mass is 32.1. The van der Waals surface area contributed by atoms with E-state index in [1.165, 1.54) is 18.4 Å². The van der Waals surface area contributed by atoms with E-state index in [9.17, 15) is 9.59 Å². The fraction of sp³-hybridized carbons (Fsp3) is 0.333. The highest BCUT2D eigenvalue weighted by Gasteiger charge is 2.45. The Morgan fingerprint density at radius 3 is 2.50 bits per heavy atom. The molecule has 3 aromatic rings. The number of rotatable bonds is 3. The third-order valence-corrected chi connectivity index (χ3v) is 7.11. The molecule has 0 saturated heterocycles. The second-order valence-electron chi connectivity index (χ2n) is 9.12. The molecular weight excluding hydrogens is 396 g/mol. The maximum atomic E-state index is 13.2. The number of anilines is 1. The number of ether oxygens (including phenoxy) is 1. The lowest BCUT2D eigenvalue weighted by molar-refractivity contribution is -0.789. The maximum Gasteiger partial charge on any atom is 0.341 e. The van der Waals surface area contributed by atoms with E-state index in [2.05, 4.69) is 38.3 Å². The minimum absolute atomic E-state index is 0.0583. The van der Waals surface area contributed by atoms with Gasteiger partial charge in [-0.2, -0.15) is 0 Å². The summed E-state index contributed by atoms with van der Waals surface area (Å²) < 4.78 is 5.10. The van der Waals surface area contributed by atoms with Gasteiger partial charge < -0.3 is 15.4 Å². The van der Waals surface area contributed by atoms with Crippen LogP contribution in [-0.4, -0.2) is 24.5 Å². The number of amides is 1. The van der Waals surface area contributed by atoms with Crippen LogP contribution in [0.4, 0.5) is 5.00 Å². The molecule has 1 aromatic heterocycles. The molecule has 0 aliphatic carbocycles. The van der Waals surface area contributed by atoms with Crippen molar-refractivity contribution in [2.24, 2.45) is 0 Å². The Bertz CT molecular complexity index is 1160. The third-order valence-electron chi connectivity index (χ3n) is 5.63. The second kappa shape index (κ2) is 7.22. The number of benzene rings is 2. The first-order valence-corrected chi connectivity index (χ1v) is 10.9. The van der Waals surface area contributed by atoms with Gasteiger partial charge >= 0.3 is 5.97 Å². The molecule has 0 atom stereocenters. The van der Waals surface area contributed by atoms with Crippen molar-refractivity contribution < 1.29 is 19.6 Å². The smallest absolute Gasteiger partial charge is 0.341 e. The lowest BCUT2D eigenvalue weighted by atomic mass is 9.81. The zero-order chi connectivity index (χ0) is 21.7. The molecule has 1 amide bonds. The maximum absolute atomic E-state index is 13.2. The van der Waals surface area contributed by atoms with Crippen molar-refractivity contribution in [1.29, 1.82) is 0 Å². The number of fused-ring (bicyclic) bond motifs is 2. The van der Waals surface area contributed by atoms with Crippen LogP contribution in [0.3, 0.4) is 0 Å². The zero-order valence-corrected chi connectivity index (χ0v) is 18.8. The van der Waals surface area contributed by atoms with E-state index >= 15 is 0 Å². The molecule has 156 valence electrons. The first-order chi connectivity index (χ1) is 14.1. The summed E-state index contributed by atoms with van der Waals surface area (Å²) in [4.78, 5) is 27.1. The molecule has 0 fully saturated rings. The Labute approximate surface area is 180 Å². The summed E-state index contributed by atoms with van der Waals surface area (Å²) in [5.41, 5.74) is 1.80. The molecule has 0 unspecified atom stereocenters. The van der Waals surface area contributed by atoms with Gasteiger partial charge in [0.1, 0.15) is 10.5 Å². The van der Waals surface area contributed by atoms with Gasteiger partial charge in [0.2, 0.25) is 0 Å². The summed E-state index contributed by atoms with van der Waals surface area (Å²) in [6.45, 7) is 8.65. The van der Waals surface area contributed by atoms with Crippen LogP contribution in [0.1, 0.15) is 58.9 Å². The van der Waals surface area contributed by atoms with E-state index in [1.54, 1.807) is 0 Å². The molecule has 0 saturated carbocycles. The minimum atomic E-state index is -0.408. The normalized spacial score (nSPS) is 16.7. The lowest BCUT2D eigenvalue weighted by Crippen LogP contribution is -3.03. The van der Waals surface area contributed by atoms with Gasteiger partial charge in [0, 0.05) is 12.0 Å². The van der Waals surface area contributed by atoms with E-state index in [1.807, 2.05) is 42.5 Å². The third kappa shape index (κ3) is 3.50. The van der Waals surface area contributed by atoms with E-state index in [4.69, 9.17) is 4.74 Å². The molecule has 3 N–H and O–H groups in total. The van der Waals surface area contributed by atoms with Crippen LogP contribution in [-0.2, 0) is 16.7 Å². The lowest BCUT2D eigenvalue weighted by Gasteiger charge is -2.38. The largest absolute Gasteiger partial charge is 0.465 e. The van der Waals surface area contributed by atoms with Crippen molar-refractivity contribution in [1.82, 2.24) is 0 Å². The molecule has 4 rings (SSSR count). The van der Waals surface area contributed by atoms with E-state index in [0.29, 0.717) is 16.1 Å². The van der Waals surface area contributed by atoms with Gasteiger partial charge in [-0.15, -0.1) is 11.3 Å². The number of esters is 1. The van der Waals surface area contributed by atoms with Crippen LogP contribution in [0.2, 0.25) is 0 Å². The highest BCUT2D eigenvalue weighted by Crippen LogP contribution is 2.42. The van der Waals surface area contributed by atoms with Gasteiger partial charge in [0.25, 0.3) is 5.91 Å². The van der Waals surface area contributed by atoms with Crippen molar-refractivity contribution in [3.63, 3.8) is 0 Å². The quantitative estimate of drug-likeness (QED) is 0.624. The van der Waals surface area contributed by atoms with Gasteiger partial charge in [-0.05, 0) is 50.1 Å². The summed E-state index contributed by atoms with van der Waals surface area (Å²) in [7, 11) is 1.38. The summed E-state index contributed by atoms with van der Waals surface area (Å²) in [5, 5.41) is 7.79. The minimum Gasteiger partial charge on any atom is -0.465 e. The Hall–Kier alpha value is -2.70. The van der Waals surface area contributed by atoms with Crippen LogP contribution in [0.25, 0.3) is 10.8 Å². The van der Waals surface area contributed by atoms with Gasteiger partial charge in [-0.1, -0.05) is 36.4 Å². The first-order valence-electron chi connectivity index (χ1n) is 10.0. The second-order valence-corrected chi connectivity index (χ2v) is 10.1. The van der Waals surface area contributed by atoms with Crippen LogP contribution in [0.15, 0.2) is 42.5 Å². The summed E-state index contributed by atoms with van der Waals surface area (Å²) in [5.74, 6) is -0.634. The summed E-state index contributed by atoms with van der Waals surface area (Å²) in [6, 6.07) is 13.5. The molecular formula is C24H27N2O3S+. The van der Waals surface area contributed by atoms with Crippen LogP contribution < -0.4 is 10.6 Å². The first kappa shape index (κ1) is 20.6. The van der Waals surface area contributed by atoms with E-state index in [-0.39, 0.29) is 17.0 Å². The van der Waals surface area contributed by atoms with Crippen molar-refractivity contribution in [3.05, 3.63) is 64.0 Å². The number of carbonyl (C=O) groups is 2. The molecule has 6 heteroatoms. The molecule has 1 aliphatic heterocycles. The van der Waals surface area contributed by atoms with Crippen LogP contribution >= 0.6 is 11.3 Å². The van der Waals surface area contributed by atoms with Crippen molar-refractivity contribution >= 4 is 39.0 Å². The number of hydrogen-bond donors (Lipinski definition) is 2. The number of nitrogens with one attached hydrogen (secondary N) is 1. The average molecular weight is 424 g/mol. The number of hydrogen-bond acceptors (Lipinski definition) is 4. The van der Waals surface area contributed by atoms with Crippen molar-refractivity contribution in [2.75, 3.05) is 12.4 Å². The number of methoxy groups -OCH3 is 1. The Morgan fingerprint density at radius 2 is 1.77 bits per heavy atom. The Morgan fingerprint density at radius 1 is 1.07 bits per heavy atom. The summed E-state index contributed by atoms with van der Waals surface area (Å²) >= 11 is 1.48. The number of nitrogens with two attached hydrogens (primary N) is 1. The highest BCUT2D eigenvalue weighted by molar-refractivity contribution is 7.17. The Kier molecular flexibility index (Phi) is 4.95. The fourth-order valence-corrected chi connectivity index (χ4v) is 5.98. The predicted octanol–water partition coefficient (Wildman–Crippen LogP) is 4.07. The molecule has 2 heterocycles. The molecule has 0 radical (unpaired) electrons. The topological polar surface area (TPSA) is 72.0 Å². The zero-order valence-electron chi connectivity index (χ0n) is 18.0.